The lowest BCUT2D eigenvalue weighted by atomic mass is 9.90. The van der Waals surface area contributed by atoms with Crippen LogP contribution in [0.4, 0.5) is 0 Å². The van der Waals surface area contributed by atoms with Gasteiger partial charge in [-0.05, 0) is 24.3 Å². The Labute approximate surface area is 137 Å². The van der Waals surface area contributed by atoms with Gasteiger partial charge in [-0.2, -0.15) is 0 Å². The summed E-state index contributed by atoms with van der Waals surface area (Å²) in [7, 11) is 1.65. The Balaban J connectivity index is 1.90. The summed E-state index contributed by atoms with van der Waals surface area (Å²) in [5.74, 6) is 1.66. The molecule has 2 aromatic rings. The highest BCUT2D eigenvalue weighted by Crippen LogP contribution is 2.24. The van der Waals surface area contributed by atoms with E-state index in [-0.39, 0.29) is 5.41 Å². The highest BCUT2D eigenvalue weighted by Gasteiger charge is 2.24. The molecule has 0 aliphatic carbocycles. The van der Waals surface area contributed by atoms with Gasteiger partial charge in [0, 0.05) is 24.9 Å². The van der Waals surface area contributed by atoms with Crippen LogP contribution < -0.4 is 15.2 Å². The molecule has 0 bridgehead atoms. The first-order valence-corrected chi connectivity index (χ1v) is 7.85. The van der Waals surface area contributed by atoms with Gasteiger partial charge in [0.05, 0.1) is 25.1 Å². The zero-order valence-electron chi connectivity index (χ0n) is 14.4. The lowest BCUT2D eigenvalue weighted by molar-refractivity contribution is 0.294. The van der Waals surface area contributed by atoms with Crippen LogP contribution in [-0.2, 0) is 18.5 Å². The fraction of sp³-hybridized carbons (Fsp3) is 0.529. The summed E-state index contributed by atoms with van der Waals surface area (Å²) in [5, 5.41) is 8.43. The van der Waals surface area contributed by atoms with Gasteiger partial charge in [-0.15, -0.1) is 5.10 Å². The minimum Gasteiger partial charge on any atom is -0.497 e. The topological polar surface area (TPSA) is 75.2 Å². The summed E-state index contributed by atoms with van der Waals surface area (Å²) in [6, 6.07) is 7.58. The van der Waals surface area contributed by atoms with Crippen LogP contribution in [0.3, 0.4) is 0 Å². The number of methoxy groups -OCH3 is 1. The van der Waals surface area contributed by atoms with Crippen molar-refractivity contribution in [2.45, 2.75) is 45.7 Å². The molecule has 0 spiro atoms. The number of benzene rings is 1. The molecular formula is C17H26N4O2. The molecule has 2 N–H and O–H groups in total. The molecule has 0 unspecified atom stereocenters. The number of hydrogen-bond acceptors (Lipinski definition) is 5. The van der Waals surface area contributed by atoms with Gasteiger partial charge >= 0.3 is 0 Å². The van der Waals surface area contributed by atoms with E-state index in [2.05, 4.69) is 31.1 Å². The average Bonchev–Trinajstić information content (AvgIpc) is 2.95. The fourth-order valence-corrected chi connectivity index (χ4v) is 2.54. The van der Waals surface area contributed by atoms with E-state index in [0.29, 0.717) is 13.2 Å². The molecule has 0 saturated carbocycles. The maximum absolute atomic E-state index is 5.76. The van der Waals surface area contributed by atoms with E-state index in [1.165, 1.54) is 0 Å². The fourth-order valence-electron chi connectivity index (χ4n) is 2.54. The van der Waals surface area contributed by atoms with Crippen molar-refractivity contribution in [1.82, 2.24) is 15.0 Å². The van der Waals surface area contributed by atoms with Gasteiger partial charge < -0.3 is 15.2 Å². The number of ether oxygens (including phenoxy) is 2. The Morgan fingerprint density at radius 1 is 1.13 bits per heavy atom. The number of nitrogens with zero attached hydrogens (tertiary/aromatic N) is 3. The number of aryl methyl sites for hydroxylation is 1. The number of hydrogen-bond donors (Lipinski definition) is 1. The van der Waals surface area contributed by atoms with Crippen molar-refractivity contribution < 1.29 is 9.47 Å². The Morgan fingerprint density at radius 2 is 1.78 bits per heavy atom. The van der Waals surface area contributed by atoms with Gasteiger partial charge in [0.2, 0.25) is 0 Å². The molecule has 0 atom stereocenters. The van der Waals surface area contributed by atoms with Crippen LogP contribution >= 0.6 is 0 Å². The third kappa shape index (κ3) is 4.45. The molecule has 1 aromatic carbocycles. The highest BCUT2D eigenvalue weighted by molar-refractivity contribution is 5.31. The number of nitrogens with two attached hydrogens (primary N) is 1. The van der Waals surface area contributed by atoms with E-state index in [9.17, 15) is 0 Å². The molecule has 23 heavy (non-hydrogen) atoms. The predicted octanol–water partition coefficient (Wildman–Crippen LogP) is 2.51. The minimum absolute atomic E-state index is 0.0327. The molecule has 6 heteroatoms. The average molecular weight is 318 g/mol. The lowest BCUT2D eigenvalue weighted by Gasteiger charge is -2.21. The van der Waals surface area contributed by atoms with E-state index in [4.69, 9.17) is 15.2 Å². The van der Waals surface area contributed by atoms with Gasteiger partial charge in [0.15, 0.2) is 0 Å². The largest absolute Gasteiger partial charge is 0.497 e. The van der Waals surface area contributed by atoms with Crippen molar-refractivity contribution in [2.75, 3.05) is 13.7 Å². The number of rotatable bonds is 7. The summed E-state index contributed by atoms with van der Waals surface area (Å²) < 4.78 is 12.8. The lowest BCUT2D eigenvalue weighted by Crippen LogP contribution is -2.22. The summed E-state index contributed by atoms with van der Waals surface area (Å²) in [5.41, 5.74) is 7.70. The van der Waals surface area contributed by atoms with Crippen LogP contribution in [0.25, 0.3) is 0 Å². The zero-order chi connectivity index (χ0) is 16.9. The first-order chi connectivity index (χ1) is 11.0. The second-order valence-electron chi connectivity index (χ2n) is 6.44. The van der Waals surface area contributed by atoms with Crippen molar-refractivity contribution in [3.05, 3.63) is 35.7 Å². The molecule has 126 valence electrons. The molecule has 1 aromatic heterocycles. The van der Waals surface area contributed by atoms with E-state index in [1.807, 2.05) is 28.9 Å². The number of aromatic nitrogens is 3. The van der Waals surface area contributed by atoms with E-state index in [1.54, 1.807) is 7.11 Å². The highest BCUT2D eigenvalue weighted by atomic mass is 16.5. The Kier molecular flexibility index (Phi) is 5.60. The maximum Gasteiger partial charge on any atom is 0.119 e. The van der Waals surface area contributed by atoms with Crippen LogP contribution in [0.2, 0.25) is 0 Å². The summed E-state index contributed by atoms with van der Waals surface area (Å²) >= 11 is 0. The Bertz CT molecular complexity index is 615. The molecule has 1 heterocycles. The molecule has 0 radical (unpaired) electrons. The first kappa shape index (κ1) is 17.3. The second kappa shape index (κ2) is 7.46. The third-order valence-corrected chi connectivity index (χ3v) is 3.55. The molecule has 0 fully saturated rings. The van der Waals surface area contributed by atoms with E-state index < -0.39 is 0 Å². The van der Waals surface area contributed by atoms with Crippen molar-refractivity contribution in [1.29, 1.82) is 0 Å². The van der Waals surface area contributed by atoms with E-state index >= 15 is 0 Å². The predicted molar refractivity (Wildman–Crippen MR) is 89.7 cm³/mol. The molecule has 2 rings (SSSR count). The van der Waals surface area contributed by atoms with Crippen molar-refractivity contribution in [3.63, 3.8) is 0 Å². The molecule has 0 amide bonds. The minimum atomic E-state index is -0.0327. The van der Waals surface area contributed by atoms with E-state index in [0.717, 1.165) is 35.9 Å². The standard InChI is InChI=1S/C17H26N4O2/c1-17(2,3)16-15(12-18)19-20-21(16)10-5-11-23-14-8-6-13(22-4)7-9-14/h6-9H,5,10-12,18H2,1-4H3. The van der Waals surface area contributed by atoms with Crippen LogP contribution in [-0.4, -0.2) is 28.7 Å². The normalized spacial score (nSPS) is 11.5. The Morgan fingerprint density at radius 3 is 2.35 bits per heavy atom. The zero-order valence-corrected chi connectivity index (χ0v) is 14.4. The molecule has 0 saturated heterocycles. The van der Waals surface area contributed by atoms with Gasteiger partial charge in [0.25, 0.3) is 0 Å². The van der Waals surface area contributed by atoms with Crippen molar-refractivity contribution >= 4 is 0 Å². The molecule has 0 aliphatic heterocycles. The SMILES string of the molecule is COc1ccc(OCCCn2nnc(CN)c2C(C)(C)C)cc1. The quantitative estimate of drug-likeness (QED) is 0.794. The monoisotopic (exact) mass is 318 g/mol. The molecular weight excluding hydrogens is 292 g/mol. The van der Waals surface area contributed by atoms with Gasteiger partial charge in [-0.25, -0.2) is 4.68 Å². The Hall–Kier alpha value is -2.08. The van der Waals surface area contributed by atoms with Crippen LogP contribution in [0.1, 0.15) is 38.6 Å². The van der Waals surface area contributed by atoms with Crippen LogP contribution in [0.5, 0.6) is 11.5 Å². The van der Waals surface area contributed by atoms with Crippen LogP contribution in [0, 0.1) is 0 Å². The second-order valence-corrected chi connectivity index (χ2v) is 6.44. The maximum atomic E-state index is 5.76. The first-order valence-electron chi connectivity index (χ1n) is 7.85. The van der Waals surface area contributed by atoms with Gasteiger partial charge in [-0.3, -0.25) is 0 Å². The summed E-state index contributed by atoms with van der Waals surface area (Å²) in [6.45, 7) is 8.23. The molecule has 6 nitrogen and oxygen atoms in total. The van der Waals surface area contributed by atoms with Gasteiger partial charge in [-0.1, -0.05) is 26.0 Å². The van der Waals surface area contributed by atoms with Crippen molar-refractivity contribution in [3.8, 4) is 11.5 Å². The summed E-state index contributed by atoms with van der Waals surface area (Å²) in [4.78, 5) is 0. The van der Waals surface area contributed by atoms with Crippen LogP contribution in [0.15, 0.2) is 24.3 Å². The smallest absolute Gasteiger partial charge is 0.119 e. The molecule has 0 aliphatic rings. The van der Waals surface area contributed by atoms with Crippen molar-refractivity contribution in [2.24, 2.45) is 5.73 Å². The third-order valence-electron chi connectivity index (χ3n) is 3.55. The van der Waals surface area contributed by atoms with Gasteiger partial charge in [0.1, 0.15) is 11.5 Å². The summed E-state index contributed by atoms with van der Waals surface area (Å²) in [6.07, 6.45) is 0.850.